The van der Waals surface area contributed by atoms with Crippen LogP contribution >= 0.6 is 0 Å². The van der Waals surface area contributed by atoms with Gasteiger partial charge in [0, 0.05) is 24.8 Å². The topological polar surface area (TPSA) is 29.3 Å². The highest BCUT2D eigenvalue weighted by atomic mass is 15.1. The van der Waals surface area contributed by atoms with Crippen LogP contribution in [0.15, 0.2) is 24.3 Å². The fraction of sp³-hybridized carbons (Fsp3) is 0.647. The lowest BCUT2D eigenvalue weighted by Gasteiger charge is -2.32. The Hall–Kier alpha value is -1.02. The van der Waals surface area contributed by atoms with E-state index in [9.17, 15) is 0 Å². The maximum atomic E-state index is 6.45. The molecule has 2 unspecified atom stereocenters. The van der Waals surface area contributed by atoms with Gasteiger partial charge in [0.2, 0.25) is 0 Å². The molecule has 0 spiro atoms. The van der Waals surface area contributed by atoms with E-state index in [0.717, 1.165) is 13.1 Å². The van der Waals surface area contributed by atoms with E-state index in [-0.39, 0.29) is 0 Å². The Labute approximate surface area is 118 Å². The lowest BCUT2D eigenvalue weighted by Crippen LogP contribution is -2.42. The van der Waals surface area contributed by atoms with Crippen molar-refractivity contribution in [2.24, 2.45) is 17.1 Å². The number of para-hydroxylation sites is 1. The monoisotopic (exact) mass is 260 g/mol. The van der Waals surface area contributed by atoms with Crippen LogP contribution in [-0.4, -0.2) is 19.1 Å². The van der Waals surface area contributed by atoms with Crippen LogP contribution in [0.5, 0.6) is 0 Å². The maximum absolute atomic E-state index is 6.45. The van der Waals surface area contributed by atoms with E-state index in [1.165, 1.54) is 24.1 Å². The van der Waals surface area contributed by atoms with Gasteiger partial charge in [-0.2, -0.15) is 0 Å². The molecule has 1 aromatic carbocycles. The number of anilines is 1. The molecule has 1 aromatic rings. The number of nitrogens with two attached hydrogens (primary N) is 1. The standard InChI is InChI=1S/C17H28N2/c1-5-19(15-9-7-6-8-13(15)2)12-14-10-11-17(3,4)16(14)18/h6-9,14,16H,5,10-12,18H2,1-4H3. The van der Waals surface area contributed by atoms with Crippen LogP contribution in [-0.2, 0) is 0 Å². The third kappa shape index (κ3) is 2.94. The van der Waals surface area contributed by atoms with Crippen molar-refractivity contribution in [2.45, 2.75) is 46.6 Å². The molecule has 1 fully saturated rings. The Morgan fingerprint density at radius 2 is 2.00 bits per heavy atom. The number of hydrogen-bond acceptors (Lipinski definition) is 2. The van der Waals surface area contributed by atoms with E-state index >= 15 is 0 Å². The average Bonchev–Trinajstić information content (AvgIpc) is 2.63. The third-order valence-electron chi connectivity index (χ3n) is 4.86. The molecule has 2 heteroatoms. The number of nitrogens with zero attached hydrogens (tertiary/aromatic N) is 1. The molecule has 1 aliphatic carbocycles. The van der Waals surface area contributed by atoms with Crippen LogP contribution < -0.4 is 10.6 Å². The normalized spacial score (nSPS) is 25.5. The molecule has 0 bridgehead atoms. The van der Waals surface area contributed by atoms with Gasteiger partial charge in [-0.3, -0.25) is 0 Å². The molecule has 0 saturated heterocycles. The summed E-state index contributed by atoms with van der Waals surface area (Å²) < 4.78 is 0. The highest BCUT2D eigenvalue weighted by Crippen LogP contribution is 2.40. The predicted molar refractivity (Wildman–Crippen MR) is 83.5 cm³/mol. The lowest BCUT2D eigenvalue weighted by molar-refractivity contribution is 0.301. The van der Waals surface area contributed by atoms with Crippen LogP contribution in [0.2, 0.25) is 0 Å². The molecule has 106 valence electrons. The minimum Gasteiger partial charge on any atom is -0.371 e. The molecule has 0 radical (unpaired) electrons. The summed E-state index contributed by atoms with van der Waals surface area (Å²) >= 11 is 0. The highest BCUT2D eigenvalue weighted by molar-refractivity contribution is 5.52. The molecule has 1 aliphatic rings. The number of rotatable bonds is 4. The van der Waals surface area contributed by atoms with Gasteiger partial charge in [0.1, 0.15) is 0 Å². The summed E-state index contributed by atoms with van der Waals surface area (Å²) in [6, 6.07) is 8.98. The smallest absolute Gasteiger partial charge is 0.0395 e. The van der Waals surface area contributed by atoms with Gasteiger partial charge in [0.15, 0.2) is 0 Å². The quantitative estimate of drug-likeness (QED) is 0.896. The summed E-state index contributed by atoms with van der Waals surface area (Å²) in [4.78, 5) is 2.49. The van der Waals surface area contributed by atoms with Gasteiger partial charge in [-0.1, -0.05) is 32.0 Å². The lowest BCUT2D eigenvalue weighted by atomic mass is 9.85. The first-order valence-corrected chi connectivity index (χ1v) is 7.52. The molecule has 0 aromatic heterocycles. The zero-order chi connectivity index (χ0) is 14.0. The van der Waals surface area contributed by atoms with E-state index in [4.69, 9.17) is 5.73 Å². The van der Waals surface area contributed by atoms with Gasteiger partial charge in [-0.05, 0) is 49.7 Å². The molecule has 2 rings (SSSR count). The first-order valence-electron chi connectivity index (χ1n) is 7.52. The van der Waals surface area contributed by atoms with E-state index in [0.29, 0.717) is 17.4 Å². The summed E-state index contributed by atoms with van der Waals surface area (Å²) in [7, 11) is 0. The van der Waals surface area contributed by atoms with Crippen molar-refractivity contribution in [3.63, 3.8) is 0 Å². The van der Waals surface area contributed by atoms with E-state index in [1.54, 1.807) is 0 Å². The largest absolute Gasteiger partial charge is 0.371 e. The summed E-state index contributed by atoms with van der Waals surface area (Å²) in [5.74, 6) is 0.620. The van der Waals surface area contributed by atoms with Crippen molar-refractivity contribution in [2.75, 3.05) is 18.0 Å². The zero-order valence-corrected chi connectivity index (χ0v) is 12.8. The zero-order valence-electron chi connectivity index (χ0n) is 12.8. The molecule has 2 nitrogen and oxygen atoms in total. The Balaban J connectivity index is 2.11. The summed E-state index contributed by atoms with van der Waals surface area (Å²) in [5, 5.41) is 0. The Morgan fingerprint density at radius 3 is 2.53 bits per heavy atom. The van der Waals surface area contributed by atoms with Crippen molar-refractivity contribution in [1.29, 1.82) is 0 Å². The second kappa shape index (κ2) is 5.54. The number of benzene rings is 1. The molecule has 19 heavy (non-hydrogen) atoms. The molecule has 2 atom stereocenters. The molecular formula is C17H28N2. The number of aryl methyl sites for hydroxylation is 1. The molecule has 0 heterocycles. The third-order valence-corrected chi connectivity index (χ3v) is 4.86. The SMILES string of the molecule is CCN(CC1CCC(C)(C)C1N)c1ccccc1C. The van der Waals surface area contributed by atoms with E-state index in [2.05, 4.69) is 56.9 Å². The van der Waals surface area contributed by atoms with E-state index < -0.39 is 0 Å². The second-order valence-corrected chi connectivity index (χ2v) is 6.64. The van der Waals surface area contributed by atoms with Gasteiger partial charge in [-0.15, -0.1) is 0 Å². The minimum atomic E-state index is 0.301. The first-order chi connectivity index (χ1) is 8.95. The van der Waals surface area contributed by atoms with Crippen LogP contribution in [0.4, 0.5) is 5.69 Å². The summed E-state index contributed by atoms with van der Waals surface area (Å²) in [6.07, 6.45) is 2.51. The van der Waals surface area contributed by atoms with Crippen molar-refractivity contribution in [3.8, 4) is 0 Å². The Kier molecular flexibility index (Phi) is 4.19. The Bertz CT molecular complexity index is 425. The van der Waals surface area contributed by atoms with Gasteiger partial charge in [-0.25, -0.2) is 0 Å². The number of hydrogen-bond donors (Lipinski definition) is 1. The molecule has 2 N–H and O–H groups in total. The first kappa shape index (κ1) is 14.4. The molecular weight excluding hydrogens is 232 g/mol. The Morgan fingerprint density at radius 1 is 1.32 bits per heavy atom. The second-order valence-electron chi connectivity index (χ2n) is 6.64. The van der Waals surface area contributed by atoms with Gasteiger partial charge >= 0.3 is 0 Å². The molecule has 1 saturated carbocycles. The van der Waals surface area contributed by atoms with Crippen molar-refractivity contribution >= 4 is 5.69 Å². The minimum absolute atomic E-state index is 0.301. The van der Waals surface area contributed by atoms with Gasteiger partial charge in [0.05, 0.1) is 0 Å². The van der Waals surface area contributed by atoms with Crippen LogP contribution in [0.1, 0.15) is 39.2 Å². The van der Waals surface area contributed by atoms with Gasteiger partial charge in [0.25, 0.3) is 0 Å². The highest BCUT2D eigenvalue weighted by Gasteiger charge is 2.39. The fourth-order valence-electron chi connectivity index (χ4n) is 3.35. The maximum Gasteiger partial charge on any atom is 0.0395 e. The van der Waals surface area contributed by atoms with Crippen LogP contribution in [0, 0.1) is 18.3 Å². The molecule has 0 aliphatic heterocycles. The van der Waals surface area contributed by atoms with Crippen molar-refractivity contribution < 1.29 is 0 Å². The predicted octanol–water partition coefficient (Wildman–Crippen LogP) is 3.58. The summed E-state index contributed by atoms with van der Waals surface area (Å²) in [5.41, 5.74) is 9.47. The summed E-state index contributed by atoms with van der Waals surface area (Å²) in [6.45, 7) is 11.2. The fourth-order valence-corrected chi connectivity index (χ4v) is 3.35. The van der Waals surface area contributed by atoms with Crippen LogP contribution in [0.25, 0.3) is 0 Å². The van der Waals surface area contributed by atoms with Crippen molar-refractivity contribution in [3.05, 3.63) is 29.8 Å². The van der Waals surface area contributed by atoms with Crippen molar-refractivity contribution in [1.82, 2.24) is 0 Å². The average molecular weight is 260 g/mol. The van der Waals surface area contributed by atoms with E-state index in [1.807, 2.05) is 0 Å². The van der Waals surface area contributed by atoms with Crippen LogP contribution in [0.3, 0.4) is 0 Å². The molecule has 0 amide bonds. The van der Waals surface area contributed by atoms with Gasteiger partial charge < -0.3 is 10.6 Å².